The summed E-state index contributed by atoms with van der Waals surface area (Å²) in [6.07, 6.45) is 7.86. The van der Waals surface area contributed by atoms with Crippen molar-refractivity contribution < 1.29 is 9.53 Å². The second-order valence-electron chi connectivity index (χ2n) is 6.42. The number of carbonyl (C=O) groups is 1. The van der Waals surface area contributed by atoms with Crippen molar-refractivity contribution in [2.45, 2.75) is 32.1 Å². The normalized spacial score (nSPS) is 19.4. The van der Waals surface area contributed by atoms with Gasteiger partial charge in [-0.1, -0.05) is 18.2 Å². The van der Waals surface area contributed by atoms with E-state index in [2.05, 4.69) is 17.0 Å². The van der Waals surface area contributed by atoms with E-state index in [1.807, 2.05) is 12.1 Å². The predicted octanol–water partition coefficient (Wildman–Crippen LogP) is 2.62. The molecule has 0 spiro atoms. The summed E-state index contributed by atoms with van der Waals surface area (Å²) in [7, 11) is 0. The van der Waals surface area contributed by atoms with Gasteiger partial charge in [0.15, 0.2) is 0 Å². The van der Waals surface area contributed by atoms with Crippen LogP contribution < -0.4 is 5.73 Å². The minimum atomic E-state index is -0.328. The van der Waals surface area contributed by atoms with E-state index in [4.69, 9.17) is 10.5 Å². The summed E-state index contributed by atoms with van der Waals surface area (Å²) in [5.74, 6) is -0.328. The lowest BCUT2D eigenvalue weighted by atomic mass is 9.89. The minimum Gasteiger partial charge on any atom is -0.379 e. The second kappa shape index (κ2) is 7.75. The number of primary amides is 1. The summed E-state index contributed by atoms with van der Waals surface area (Å²) < 4.78 is 5.39. The fourth-order valence-electron chi connectivity index (χ4n) is 3.42. The van der Waals surface area contributed by atoms with Crippen LogP contribution in [0.2, 0.25) is 0 Å². The summed E-state index contributed by atoms with van der Waals surface area (Å²) in [6, 6.07) is 6.13. The van der Waals surface area contributed by atoms with Crippen molar-refractivity contribution in [1.82, 2.24) is 4.90 Å². The number of nitrogens with zero attached hydrogens (tertiary/aromatic N) is 1. The van der Waals surface area contributed by atoms with Crippen molar-refractivity contribution in [2.75, 3.05) is 32.8 Å². The topological polar surface area (TPSA) is 55.6 Å². The highest BCUT2D eigenvalue weighted by Gasteiger charge is 2.15. The smallest absolute Gasteiger partial charge is 0.249 e. The number of morpholine rings is 1. The van der Waals surface area contributed by atoms with Gasteiger partial charge in [0.05, 0.1) is 13.2 Å². The molecule has 2 N–H and O–H groups in total. The van der Waals surface area contributed by atoms with E-state index in [1.165, 1.54) is 24.0 Å². The van der Waals surface area contributed by atoms with Gasteiger partial charge in [-0.25, -0.2) is 0 Å². The average Bonchev–Trinajstić information content (AvgIpc) is 2.61. The van der Waals surface area contributed by atoms with Crippen molar-refractivity contribution in [3.8, 4) is 0 Å². The van der Waals surface area contributed by atoms with E-state index >= 15 is 0 Å². The maximum Gasteiger partial charge on any atom is 0.249 e. The largest absolute Gasteiger partial charge is 0.379 e. The Hall–Kier alpha value is -1.65. The van der Waals surface area contributed by atoms with Crippen LogP contribution in [0.4, 0.5) is 0 Å². The molecule has 2 aliphatic rings. The lowest BCUT2D eigenvalue weighted by Crippen LogP contribution is -2.37. The highest BCUT2D eigenvalue weighted by atomic mass is 16.5. The molecule has 3 rings (SSSR count). The van der Waals surface area contributed by atoms with Crippen molar-refractivity contribution in [1.29, 1.82) is 0 Å². The molecule has 1 aliphatic heterocycles. The van der Waals surface area contributed by atoms with Crippen molar-refractivity contribution >= 4 is 11.5 Å². The number of hydrogen-bond acceptors (Lipinski definition) is 3. The Kier molecular flexibility index (Phi) is 5.47. The number of allylic oxidation sites excluding steroid dienone is 2. The van der Waals surface area contributed by atoms with E-state index in [-0.39, 0.29) is 5.91 Å². The molecule has 1 aromatic carbocycles. The molecule has 0 aromatic heterocycles. The van der Waals surface area contributed by atoms with Crippen LogP contribution in [0, 0.1) is 0 Å². The van der Waals surface area contributed by atoms with E-state index in [1.54, 1.807) is 0 Å². The molecule has 1 aliphatic carbocycles. The van der Waals surface area contributed by atoms with Crippen LogP contribution in [0.3, 0.4) is 0 Å². The van der Waals surface area contributed by atoms with E-state index < -0.39 is 0 Å². The fourth-order valence-corrected chi connectivity index (χ4v) is 3.42. The van der Waals surface area contributed by atoms with Crippen LogP contribution in [-0.4, -0.2) is 43.7 Å². The molecule has 1 fully saturated rings. The average molecular weight is 314 g/mol. The first kappa shape index (κ1) is 16.2. The van der Waals surface area contributed by atoms with Gasteiger partial charge in [0.2, 0.25) is 5.91 Å². The second-order valence-corrected chi connectivity index (χ2v) is 6.42. The zero-order chi connectivity index (χ0) is 16.1. The predicted molar refractivity (Wildman–Crippen MR) is 92.4 cm³/mol. The Morgan fingerprint density at radius 3 is 2.74 bits per heavy atom. The molecule has 1 heterocycles. The van der Waals surface area contributed by atoms with Gasteiger partial charge in [-0.3, -0.25) is 9.69 Å². The number of rotatable bonds is 5. The number of benzene rings is 1. The molecule has 124 valence electrons. The van der Waals surface area contributed by atoms with Gasteiger partial charge in [0, 0.05) is 25.2 Å². The minimum absolute atomic E-state index is 0.328. The number of ether oxygens (including phenoxy) is 1. The number of nitrogens with two attached hydrogens (primary N) is 1. The summed E-state index contributed by atoms with van der Waals surface area (Å²) in [5.41, 5.74) is 9.86. The van der Waals surface area contributed by atoms with E-state index in [9.17, 15) is 4.79 Å². The zero-order valence-corrected chi connectivity index (χ0v) is 13.7. The third-order valence-electron chi connectivity index (χ3n) is 4.81. The molecule has 4 nitrogen and oxygen atoms in total. The van der Waals surface area contributed by atoms with Crippen LogP contribution in [-0.2, 0) is 11.2 Å². The molecule has 0 atom stereocenters. The van der Waals surface area contributed by atoms with Gasteiger partial charge in [0.1, 0.15) is 0 Å². The SMILES string of the molecule is NC(=O)c1ccc(CCN2CCOCC2)cc1C1=CCCCC1. The van der Waals surface area contributed by atoms with Gasteiger partial charge < -0.3 is 10.5 Å². The molecular weight excluding hydrogens is 288 g/mol. The molecule has 4 heteroatoms. The Morgan fingerprint density at radius 2 is 2.04 bits per heavy atom. The van der Waals surface area contributed by atoms with E-state index in [0.717, 1.165) is 57.7 Å². The number of amides is 1. The molecular formula is C19H26N2O2. The number of hydrogen-bond donors (Lipinski definition) is 1. The third-order valence-corrected chi connectivity index (χ3v) is 4.81. The first-order chi connectivity index (χ1) is 11.2. The lowest BCUT2D eigenvalue weighted by molar-refractivity contribution is 0.0384. The maximum atomic E-state index is 11.8. The molecule has 1 aromatic rings. The Morgan fingerprint density at radius 1 is 1.22 bits per heavy atom. The van der Waals surface area contributed by atoms with Gasteiger partial charge in [0.25, 0.3) is 0 Å². The molecule has 0 radical (unpaired) electrons. The van der Waals surface area contributed by atoms with Crippen molar-refractivity contribution in [3.05, 3.63) is 41.0 Å². The summed E-state index contributed by atoms with van der Waals surface area (Å²) in [6.45, 7) is 4.73. The Balaban J connectivity index is 1.76. The summed E-state index contributed by atoms with van der Waals surface area (Å²) in [4.78, 5) is 14.2. The zero-order valence-electron chi connectivity index (χ0n) is 13.7. The highest BCUT2D eigenvalue weighted by Crippen LogP contribution is 2.30. The first-order valence-electron chi connectivity index (χ1n) is 8.66. The molecule has 1 amide bonds. The fraction of sp³-hybridized carbons (Fsp3) is 0.526. The molecule has 1 saturated heterocycles. The highest BCUT2D eigenvalue weighted by molar-refractivity contribution is 5.98. The van der Waals surface area contributed by atoms with E-state index in [0.29, 0.717) is 5.56 Å². The lowest BCUT2D eigenvalue weighted by Gasteiger charge is -2.26. The van der Waals surface area contributed by atoms with Crippen LogP contribution in [0.15, 0.2) is 24.3 Å². The number of carbonyl (C=O) groups excluding carboxylic acids is 1. The molecule has 0 saturated carbocycles. The van der Waals surface area contributed by atoms with Crippen LogP contribution in [0.1, 0.15) is 47.2 Å². The monoisotopic (exact) mass is 314 g/mol. The Labute approximate surface area is 138 Å². The van der Waals surface area contributed by atoms with Crippen LogP contribution >= 0.6 is 0 Å². The molecule has 23 heavy (non-hydrogen) atoms. The van der Waals surface area contributed by atoms with Crippen molar-refractivity contribution in [2.24, 2.45) is 5.73 Å². The maximum absolute atomic E-state index is 11.8. The van der Waals surface area contributed by atoms with Crippen LogP contribution in [0.25, 0.3) is 5.57 Å². The van der Waals surface area contributed by atoms with Gasteiger partial charge in [-0.15, -0.1) is 0 Å². The molecule has 0 unspecified atom stereocenters. The third kappa shape index (κ3) is 4.21. The first-order valence-corrected chi connectivity index (χ1v) is 8.66. The standard InChI is InChI=1S/C19H26N2O2/c20-19(22)17-7-6-15(8-9-21-10-12-23-13-11-21)14-18(17)16-4-2-1-3-5-16/h4,6-7,14H,1-3,5,8-13H2,(H2,20,22). The summed E-state index contributed by atoms with van der Waals surface area (Å²) >= 11 is 0. The van der Waals surface area contributed by atoms with Crippen LogP contribution in [0.5, 0.6) is 0 Å². The van der Waals surface area contributed by atoms with Gasteiger partial charge >= 0.3 is 0 Å². The molecule has 0 bridgehead atoms. The Bertz CT molecular complexity index is 589. The van der Waals surface area contributed by atoms with Gasteiger partial charge in [-0.05, 0) is 54.9 Å². The van der Waals surface area contributed by atoms with Crippen molar-refractivity contribution in [3.63, 3.8) is 0 Å². The summed E-state index contributed by atoms with van der Waals surface area (Å²) in [5, 5.41) is 0. The quantitative estimate of drug-likeness (QED) is 0.909. The van der Waals surface area contributed by atoms with Gasteiger partial charge in [-0.2, -0.15) is 0 Å².